The molecule has 0 heterocycles. The summed E-state index contributed by atoms with van der Waals surface area (Å²) < 4.78 is 467. The van der Waals surface area contributed by atoms with E-state index >= 15 is 0 Å². The molecule has 12 aromatic carbocycles. The summed E-state index contributed by atoms with van der Waals surface area (Å²) in [5.41, 5.74) is -6.38. The largest absolute Gasteiger partial charge is 0.432 e. The van der Waals surface area contributed by atoms with Crippen molar-refractivity contribution in [2.45, 2.75) is 179 Å². The molecule has 4 aliphatic rings. The van der Waals surface area contributed by atoms with Gasteiger partial charge < -0.3 is 18.9 Å². The minimum Gasteiger partial charge on any atom is -0.429 e. The second-order valence-electron chi connectivity index (χ2n) is 35.3. The standard InChI is InChI=1S/4C26H20F8O/c4*1-13-2-4-14(5-3-13)15-6-7-18(19(27)8-15)16-9-20(28)24(21(29)10-16)26(33,34)35-17-11-22(30)25(32)23(31)12-17/h4*6-14H,2-5H2,1H3. The van der Waals surface area contributed by atoms with E-state index in [1.165, 1.54) is 48.5 Å². The van der Waals surface area contributed by atoms with Gasteiger partial charge in [-0.3, -0.25) is 0 Å². The van der Waals surface area contributed by atoms with E-state index < -0.39 is 209 Å². The lowest BCUT2D eigenvalue weighted by molar-refractivity contribution is -0.190. The fraction of sp³-hybridized carbons (Fsp3) is 0.308. The van der Waals surface area contributed by atoms with Gasteiger partial charge in [0.15, 0.2) is 69.8 Å². The third-order valence-electron chi connectivity index (χ3n) is 25.3. The smallest absolute Gasteiger partial charge is 0.429 e. The molecule has 0 unspecified atom stereocenters. The van der Waals surface area contributed by atoms with E-state index in [0.717, 1.165) is 125 Å². The molecule has 0 amide bonds. The Morgan fingerprint density at radius 3 is 0.457 bits per heavy atom. The predicted molar refractivity (Wildman–Crippen MR) is 452 cm³/mol. The molecule has 36 heteroatoms. The van der Waals surface area contributed by atoms with E-state index in [1.807, 2.05) is 0 Å². The predicted octanol–water partition coefficient (Wildman–Crippen LogP) is 34.4. The van der Waals surface area contributed by atoms with Crippen LogP contribution in [-0.4, -0.2) is 0 Å². The van der Waals surface area contributed by atoms with Crippen LogP contribution in [0, 0.1) is 163 Å². The third kappa shape index (κ3) is 24.2. The summed E-state index contributed by atoms with van der Waals surface area (Å²) in [5.74, 6) is -41.1. The van der Waals surface area contributed by atoms with Crippen LogP contribution in [0.4, 0.5) is 140 Å². The van der Waals surface area contributed by atoms with Gasteiger partial charge in [-0.15, -0.1) is 0 Å². The molecule has 12 aromatic rings. The number of alkyl halides is 8. The zero-order valence-electron chi connectivity index (χ0n) is 73.8. The lowest BCUT2D eigenvalue weighted by Crippen LogP contribution is -2.25. The van der Waals surface area contributed by atoms with Gasteiger partial charge in [0.25, 0.3) is 0 Å². The van der Waals surface area contributed by atoms with Gasteiger partial charge in [0.05, 0.1) is 0 Å². The average Bonchev–Trinajstić information content (AvgIpc) is 0.780. The Morgan fingerprint density at radius 2 is 0.321 bits per heavy atom. The maximum Gasteiger partial charge on any atom is 0.432 e. The van der Waals surface area contributed by atoms with Crippen LogP contribution in [0.2, 0.25) is 0 Å². The van der Waals surface area contributed by atoms with Crippen LogP contribution in [0.5, 0.6) is 23.0 Å². The van der Waals surface area contributed by atoms with Crippen LogP contribution in [0.15, 0.2) is 170 Å². The van der Waals surface area contributed by atoms with Gasteiger partial charge >= 0.3 is 24.4 Å². The highest BCUT2D eigenvalue weighted by molar-refractivity contribution is 5.69. The van der Waals surface area contributed by atoms with Crippen LogP contribution < -0.4 is 18.9 Å². The first-order chi connectivity index (χ1) is 65.8. The number of rotatable bonds is 20. The van der Waals surface area contributed by atoms with Gasteiger partial charge in [-0.25, -0.2) is 105 Å². The molecule has 4 saturated carbocycles. The molecule has 0 radical (unpaired) electrons. The summed E-state index contributed by atoms with van der Waals surface area (Å²) in [7, 11) is 0. The van der Waals surface area contributed by atoms with Crippen LogP contribution in [0.3, 0.4) is 0 Å². The van der Waals surface area contributed by atoms with Gasteiger partial charge in [0.2, 0.25) is 0 Å². The summed E-state index contributed by atoms with van der Waals surface area (Å²) in [6, 6.07) is 22.1. The molecular weight excluding hydrogens is 1920 g/mol. The minimum atomic E-state index is -4.72. The summed E-state index contributed by atoms with van der Waals surface area (Å²) in [4.78, 5) is 0. The zero-order chi connectivity index (χ0) is 102. The summed E-state index contributed by atoms with van der Waals surface area (Å²) in [5, 5.41) is 0. The van der Waals surface area contributed by atoms with Crippen molar-refractivity contribution in [3.8, 4) is 67.5 Å². The van der Waals surface area contributed by atoms with Gasteiger partial charge in [-0.2, -0.15) is 35.1 Å². The summed E-state index contributed by atoms with van der Waals surface area (Å²) >= 11 is 0. The van der Waals surface area contributed by atoms with E-state index in [-0.39, 0.29) is 117 Å². The lowest BCUT2D eigenvalue weighted by atomic mass is 9.79. The van der Waals surface area contributed by atoms with Crippen molar-refractivity contribution in [1.82, 2.24) is 0 Å². The van der Waals surface area contributed by atoms with Gasteiger partial charge in [0, 0.05) is 70.8 Å². The number of hydrogen-bond acceptors (Lipinski definition) is 4. The van der Waals surface area contributed by atoms with Crippen molar-refractivity contribution in [1.29, 1.82) is 0 Å². The van der Waals surface area contributed by atoms with Gasteiger partial charge in [0.1, 0.15) is 115 Å². The Balaban J connectivity index is 0.000000157. The first kappa shape index (κ1) is 105. The molecular formula is C104H80F32O4. The van der Waals surface area contributed by atoms with Gasteiger partial charge in [-0.05, 0) is 216 Å². The molecule has 0 aromatic heterocycles. The first-order valence-corrected chi connectivity index (χ1v) is 43.9. The normalized spacial score (nSPS) is 18.5. The number of ether oxygens (including phenoxy) is 4. The highest BCUT2D eigenvalue weighted by Crippen LogP contribution is 2.49. The van der Waals surface area contributed by atoms with Crippen LogP contribution >= 0.6 is 0 Å². The zero-order valence-corrected chi connectivity index (χ0v) is 73.8. The maximum atomic E-state index is 14.8. The van der Waals surface area contributed by atoms with Crippen molar-refractivity contribution in [2.24, 2.45) is 23.7 Å². The van der Waals surface area contributed by atoms with Crippen molar-refractivity contribution in [3.63, 3.8) is 0 Å². The molecule has 4 nitrogen and oxygen atoms in total. The number of hydrogen-bond donors (Lipinski definition) is 0. The van der Waals surface area contributed by atoms with Crippen molar-refractivity contribution in [3.05, 3.63) is 354 Å². The van der Waals surface area contributed by atoms with Crippen LogP contribution in [0.25, 0.3) is 44.5 Å². The summed E-state index contributed by atoms with van der Waals surface area (Å²) in [6.45, 7) is 8.60. The highest BCUT2D eigenvalue weighted by atomic mass is 19.3. The Hall–Kier alpha value is -12.4. The maximum absolute atomic E-state index is 14.8. The van der Waals surface area contributed by atoms with Crippen molar-refractivity contribution >= 4 is 0 Å². The lowest BCUT2D eigenvalue weighted by Gasteiger charge is -2.26. The van der Waals surface area contributed by atoms with Gasteiger partial charge in [-0.1, -0.05) is 128 Å². The molecule has 0 N–H and O–H groups in total. The average molecular weight is 2000 g/mol. The monoisotopic (exact) mass is 2000 g/mol. The van der Waals surface area contributed by atoms with Crippen LogP contribution in [0.1, 0.15) is 199 Å². The molecule has 4 aliphatic carbocycles. The molecule has 4 fully saturated rings. The SMILES string of the molecule is CC1CCC(c2ccc(-c3cc(F)c(C(F)(F)Oc4cc(F)c(F)c(F)c4)c(F)c3)c(F)c2)CC1.CC1CCC(c2ccc(-c3cc(F)c(C(F)(F)Oc4cc(F)c(F)c(F)c4)c(F)c3)c(F)c2)CC1.CC1CCC(c2ccc(-c3cc(F)c(C(F)(F)Oc4cc(F)c(F)c(F)c4)c(F)c3)c(F)c2)CC1.CC1CCC(c2ccc(-c3cc(F)c(C(F)(F)Oc4cc(F)c(F)c(F)c4)c(F)c3)c(F)c2)CC1. The molecule has 0 aliphatic heterocycles. The molecule has 0 atom stereocenters. The third-order valence-corrected chi connectivity index (χ3v) is 25.3. The topological polar surface area (TPSA) is 36.9 Å². The second-order valence-corrected chi connectivity index (χ2v) is 35.3. The van der Waals surface area contributed by atoms with E-state index in [1.54, 1.807) is 24.3 Å². The van der Waals surface area contributed by atoms with E-state index in [9.17, 15) is 140 Å². The number of halogens is 32. The molecule has 0 spiro atoms. The molecule has 744 valence electrons. The fourth-order valence-corrected chi connectivity index (χ4v) is 17.6. The Morgan fingerprint density at radius 1 is 0.179 bits per heavy atom. The van der Waals surface area contributed by atoms with E-state index in [0.29, 0.717) is 72.2 Å². The highest BCUT2D eigenvalue weighted by Gasteiger charge is 2.47. The van der Waals surface area contributed by atoms with E-state index in [2.05, 4.69) is 46.6 Å². The second kappa shape index (κ2) is 43.0. The Labute approximate surface area is 779 Å². The quantitative estimate of drug-likeness (QED) is 0.0563. The molecule has 16 rings (SSSR count). The molecule has 0 saturated heterocycles. The minimum absolute atomic E-state index is 0.112. The van der Waals surface area contributed by atoms with E-state index in [4.69, 9.17) is 0 Å². The molecule has 0 bridgehead atoms. The Bertz CT molecular complexity index is 5590. The van der Waals surface area contributed by atoms with Crippen LogP contribution in [-0.2, 0) is 24.4 Å². The first-order valence-electron chi connectivity index (χ1n) is 43.9. The Kier molecular flexibility index (Phi) is 32.2. The van der Waals surface area contributed by atoms with Crippen molar-refractivity contribution in [2.75, 3.05) is 0 Å². The van der Waals surface area contributed by atoms with Crippen molar-refractivity contribution < 1.29 is 159 Å². The molecule has 140 heavy (non-hydrogen) atoms. The number of benzene rings is 12. The summed E-state index contributed by atoms with van der Waals surface area (Å²) in [6.07, 6.45) is -3.59. The fourth-order valence-electron chi connectivity index (χ4n) is 17.6.